The van der Waals surface area contributed by atoms with E-state index in [1.54, 1.807) is 12.1 Å². The van der Waals surface area contributed by atoms with Gasteiger partial charge in [-0.2, -0.15) is 5.10 Å². The Balaban J connectivity index is 1.83. The standard InChI is InChI=1S/C15H15N3O3/c19-13-8-4-5-11(15(13)21)9-17-18-14(20)10-16-12-6-2-1-3-7-12/h1-9,16,19,21H,10H2,(H,18,20). The van der Waals surface area contributed by atoms with Gasteiger partial charge in [0.05, 0.1) is 12.8 Å². The fraction of sp³-hybridized carbons (Fsp3) is 0.0667. The van der Waals surface area contributed by atoms with E-state index in [4.69, 9.17) is 0 Å². The normalized spacial score (nSPS) is 10.5. The van der Waals surface area contributed by atoms with Gasteiger partial charge < -0.3 is 15.5 Å². The Hall–Kier alpha value is -3.02. The molecule has 0 saturated carbocycles. The predicted octanol–water partition coefficient (Wildman–Crippen LogP) is 1.66. The second-order valence-electron chi connectivity index (χ2n) is 4.23. The van der Waals surface area contributed by atoms with Gasteiger partial charge in [0, 0.05) is 11.3 Å². The summed E-state index contributed by atoms with van der Waals surface area (Å²) in [6.07, 6.45) is 1.26. The highest BCUT2D eigenvalue weighted by Gasteiger charge is 2.03. The molecule has 0 aromatic heterocycles. The Morgan fingerprint density at radius 3 is 2.62 bits per heavy atom. The van der Waals surface area contributed by atoms with Crippen molar-refractivity contribution in [3.8, 4) is 11.5 Å². The molecule has 0 fully saturated rings. The van der Waals surface area contributed by atoms with E-state index < -0.39 is 0 Å². The van der Waals surface area contributed by atoms with Crippen molar-refractivity contribution in [2.45, 2.75) is 0 Å². The highest BCUT2D eigenvalue weighted by molar-refractivity contribution is 5.87. The molecule has 0 heterocycles. The van der Waals surface area contributed by atoms with Gasteiger partial charge in [0.25, 0.3) is 5.91 Å². The number of amides is 1. The first-order valence-corrected chi connectivity index (χ1v) is 6.28. The summed E-state index contributed by atoms with van der Waals surface area (Å²) in [5, 5.41) is 25.5. The number of carbonyl (C=O) groups is 1. The summed E-state index contributed by atoms with van der Waals surface area (Å²) in [5.74, 6) is -0.844. The quantitative estimate of drug-likeness (QED) is 0.382. The Labute approximate surface area is 121 Å². The Kier molecular flexibility index (Phi) is 4.76. The van der Waals surface area contributed by atoms with Crippen LogP contribution in [0.4, 0.5) is 5.69 Å². The third-order valence-electron chi connectivity index (χ3n) is 2.67. The molecule has 1 amide bonds. The van der Waals surface area contributed by atoms with E-state index in [9.17, 15) is 15.0 Å². The van der Waals surface area contributed by atoms with Crippen molar-refractivity contribution in [3.05, 3.63) is 54.1 Å². The monoisotopic (exact) mass is 285 g/mol. The van der Waals surface area contributed by atoms with Crippen LogP contribution in [0.25, 0.3) is 0 Å². The number of para-hydroxylation sites is 2. The summed E-state index contributed by atoms with van der Waals surface area (Å²) in [7, 11) is 0. The van der Waals surface area contributed by atoms with Crippen molar-refractivity contribution in [2.24, 2.45) is 5.10 Å². The van der Waals surface area contributed by atoms with Gasteiger partial charge in [-0.05, 0) is 24.3 Å². The largest absolute Gasteiger partial charge is 0.504 e. The zero-order chi connectivity index (χ0) is 15.1. The molecule has 0 aliphatic heterocycles. The molecule has 0 aliphatic carbocycles. The van der Waals surface area contributed by atoms with Crippen LogP contribution in [0.5, 0.6) is 11.5 Å². The summed E-state index contributed by atoms with van der Waals surface area (Å²) in [6.45, 7) is 0.0768. The van der Waals surface area contributed by atoms with E-state index >= 15 is 0 Å². The number of hydrogen-bond donors (Lipinski definition) is 4. The van der Waals surface area contributed by atoms with Crippen LogP contribution in [-0.4, -0.2) is 28.9 Å². The van der Waals surface area contributed by atoms with Gasteiger partial charge in [0.15, 0.2) is 11.5 Å². The van der Waals surface area contributed by atoms with Crippen molar-refractivity contribution in [1.29, 1.82) is 0 Å². The van der Waals surface area contributed by atoms with Gasteiger partial charge in [-0.15, -0.1) is 0 Å². The molecular formula is C15H15N3O3. The van der Waals surface area contributed by atoms with Crippen LogP contribution in [0.2, 0.25) is 0 Å². The maximum Gasteiger partial charge on any atom is 0.259 e. The number of hydrogen-bond acceptors (Lipinski definition) is 5. The maximum absolute atomic E-state index is 11.6. The molecule has 0 spiro atoms. The number of nitrogens with zero attached hydrogens (tertiary/aromatic N) is 1. The fourth-order valence-corrected chi connectivity index (χ4v) is 1.60. The van der Waals surface area contributed by atoms with Gasteiger partial charge in [-0.1, -0.05) is 24.3 Å². The van der Waals surface area contributed by atoms with Crippen LogP contribution in [-0.2, 0) is 4.79 Å². The molecule has 6 nitrogen and oxygen atoms in total. The SMILES string of the molecule is O=C(CNc1ccccc1)NN=Cc1cccc(O)c1O. The number of anilines is 1. The average molecular weight is 285 g/mol. The Bertz CT molecular complexity index is 642. The van der Waals surface area contributed by atoms with Gasteiger partial charge in [-0.25, -0.2) is 5.43 Å². The summed E-state index contributed by atoms with van der Waals surface area (Å²) in [5.41, 5.74) is 3.47. The molecule has 0 atom stereocenters. The van der Waals surface area contributed by atoms with Gasteiger partial charge in [0.2, 0.25) is 0 Å². The van der Waals surface area contributed by atoms with Gasteiger partial charge in [0.1, 0.15) is 0 Å². The van der Waals surface area contributed by atoms with E-state index in [1.807, 2.05) is 30.3 Å². The number of rotatable bonds is 5. The summed E-state index contributed by atoms with van der Waals surface area (Å²) in [6, 6.07) is 13.8. The zero-order valence-electron chi connectivity index (χ0n) is 11.2. The molecule has 0 aliphatic rings. The van der Waals surface area contributed by atoms with Crippen LogP contribution in [0.15, 0.2) is 53.6 Å². The van der Waals surface area contributed by atoms with Gasteiger partial charge in [-0.3, -0.25) is 4.79 Å². The molecule has 0 radical (unpaired) electrons. The van der Waals surface area contributed by atoms with Crippen molar-refractivity contribution in [2.75, 3.05) is 11.9 Å². The van der Waals surface area contributed by atoms with Gasteiger partial charge >= 0.3 is 0 Å². The van der Waals surface area contributed by atoms with Crippen LogP contribution < -0.4 is 10.7 Å². The summed E-state index contributed by atoms with van der Waals surface area (Å²) in [4.78, 5) is 11.6. The van der Waals surface area contributed by atoms with Crippen molar-refractivity contribution < 1.29 is 15.0 Å². The van der Waals surface area contributed by atoms with Crippen LogP contribution in [0, 0.1) is 0 Å². The number of nitrogens with one attached hydrogen (secondary N) is 2. The Morgan fingerprint density at radius 2 is 1.86 bits per heavy atom. The first kappa shape index (κ1) is 14.4. The third-order valence-corrected chi connectivity index (χ3v) is 2.67. The molecule has 2 rings (SSSR count). The van der Waals surface area contributed by atoms with Crippen LogP contribution in [0.3, 0.4) is 0 Å². The van der Waals surface area contributed by atoms with Crippen molar-refractivity contribution in [1.82, 2.24) is 5.43 Å². The van der Waals surface area contributed by atoms with E-state index in [-0.39, 0.29) is 24.0 Å². The molecule has 0 bridgehead atoms. The lowest BCUT2D eigenvalue weighted by atomic mass is 10.2. The maximum atomic E-state index is 11.6. The highest BCUT2D eigenvalue weighted by Crippen LogP contribution is 2.26. The second kappa shape index (κ2) is 6.95. The minimum atomic E-state index is -0.324. The van der Waals surface area contributed by atoms with E-state index in [0.29, 0.717) is 5.56 Å². The second-order valence-corrected chi connectivity index (χ2v) is 4.23. The summed E-state index contributed by atoms with van der Waals surface area (Å²) < 4.78 is 0. The number of aromatic hydroxyl groups is 2. The number of phenolic OH excluding ortho intramolecular Hbond substituents is 2. The minimum Gasteiger partial charge on any atom is -0.504 e. The fourth-order valence-electron chi connectivity index (χ4n) is 1.60. The topological polar surface area (TPSA) is 94.0 Å². The van der Waals surface area contributed by atoms with Crippen molar-refractivity contribution >= 4 is 17.8 Å². The minimum absolute atomic E-state index is 0.0768. The first-order chi connectivity index (χ1) is 10.2. The first-order valence-electron chi connectivity index (χ1n) is 6.28. The smallest absolute Gasteiger partial charge is 0.259 e. The van der Waals surface area contributed by atoms with Crippen molar-refractivity contribution in [3.63, 3.8) is 0 Å². The lowest BCUT2D eigenvalue weighted by molar-refractivity contribution is -0.119. The third kappa shape index (κ3) is 4.24. The number of hydrazone groups is 1. The molecule has 0 saturated heterocycles. The highest BCUT2D eigenvalue weighted by atomic mass is 16.3. The molecule has 2 aromatic carbocycles. The van der Waals surface area contributed by atoms with Crippen LogP contribution >= 0.6 is 0 Å². The number of benzene rings is 2. The van der Waals surface area contributed by atoms with Crippen LogP contribution in [0.1, 0.15) is 5.56 Å². The molecule has 0 unspecified atom stereocenters. The zero-order valence-corrected chi connectivity index (χ0v) is 11.2. The molecule has 21 heavy (non-hydrogen) atoms. The molecule has 2 aromatic rings. The van der Waals surface area contributed by atoms with E-state index in [0.717, 1.165) is 5.69 Å². The van der Waals surface area contributed by atoms with E-state index in [2.05, 4.69) is 15.8 Å². The van der Waals surface area contributed by atoms with E-state index in [1.165, 1.54) is 12.3 Å². The molecular weight excluding hydrogens is 270 g/mol. The number of phenols is 2. The predicted molar refractivity (Wildman–Crippen MR) is 80.4 cm³/mol. The molecule has 108 valence electrons. The lowest BCUT2D eigenvalue weighted by Gasteiger charge is -2.04. The number of carbonyl (C=O) groups excluding carboxylic acids is 1. The molecule has 4 N–H and O–H groups in total. The summed E-state index contributed by atoms with van der Waals surface area (Å²) >= 11 is 0. The Morgan fingerprint density at radius 1 is 1.10 bits per heavy atom. The molecule has 6 heteroatoms. The average Bonchev–Trinajstić information content (AvgIpc) is 2.50. The lowest BCUT2D eigenvalue weighted by Crippen LogP contribution is -2.25.